The van der Waals surface area contributed by atoms with Crippen LogP contribution in [0.3, 0.4) is 0 Å². The van der Waals surface area contributed by atoms with Crippen molar-refractivity contribution in [2.24, 2.45) is 0 Å². The van der Waals surface area contributed by atoms with Crippen LogP contribution in [0.15, 0.2) is 52.4 Å². The van der Waals surface area contributed by atoms with Crippen LogP contribution in [0.1, 0.15) is 12.0 Å². The van der Waals surface area contributed by atoms with Gasteiger partial charge < -0.3 is 9.47 Å². The fraction of sp³-hybridized carbons (Fsp3) is 0.300. The SMILES string of the molecule is COCCCn1c(SCc2cc(F)ccc2OC)nc2ccccc2c1=O. The van der Waals surface area contributed by atoms with Crippen LogP contribution in [-0.2, 0) is 17.0 Å². The lowest BCUT2D eigenvalue weighted by Crippen LogP contribution is -2.24. The number of methoxy groups -OCH3 is 2. The van der Waals surface area contributed by atoms with E-state index in [0.717, 1.165) is 0 Å². The summed E-state index contributed by atoms with van der Waals surface area (Å²) in [5, 5.41) is 1.18. The fourth-order valence-corrected chi connectivity index (χ4v) is 3.83. The summed E-state index contributed by atoms with van der Waals surface area (Å²) in [4.78, 5) is 17.6. The van der Waals surface area contributed by atoms with Gasteiger partial charge in [0.05, 0.1) is 18.0 Å². The second-order valence-electron chi connectivity index (χ2n) is 5.96. The van der Waals surface area contributed by atoms with Gasteiger partial charge >= 0.3 is 0 Å². The summed E-state index contributed by atoms with van der Waals surface area (Å²) in [5.74, 6) is 0.726. The van der Waals surface area contributed by atoms with Crippen molar-refractivity contribution in [2.75, 3.05) is 20.8 Å². The van der Waals surface area contributed by atoms with Crippen LogP contribution >= 0.6 is 11.8 Å². The predicted molar refractivity (Wildman–Crippen MR) is 105 cm³/mol. The molecular weight excluding hydrogens is 367 g/mol. The van der Waals surface area contributed by atoms with E-state index in [1.165, 1.54) is 23.9 Å². The van der Waals surface area contributed by atoms with Crippen LogP contribution in [0.2, 0.25) is 0 Å². The van der Waals surface area contributed by atoms with E-state index in [2.05, 4.69) is 4.98 Å². The molecule has 0 unspecified atom stereocenters. The van der Waals surface area contributed by atoms with E-state index in [-0.39, 0.29) is 11.4 Å². The van der Waals surface area contributed by atoms with Crippen molar-refractivity contribution in [3.05, 3.63) is 64.2 Å². The number of aromatic nitrogens is 2. The minimum atomic E-state index is -0.324. The highest BCUT2D eigenvalue weighted by Crippen LogP contribution is 2.28. The van der Waals surface area contributed by atoms with Gasteiger partial charge in [-0.1, -0.05) is 23.9 Å². The zero-order valence-electron chi connectivity index (χ0n) is 15.3. The maximum absolute atomic E-state index is 13.6. The summed E-state index contributed by atoms with van der Waals surface area (Å²) in [6.45, 7) is 1.06. The number of thioether (sulfide) groups is 1. The maximum atomic E-state index is 13.6. The minimum Gasteiger partial charge on any atom is -0.496 e. The molecule has 0 aliphatic carbocycles. The normalized spacial score (nSPS) is 11.1. The molecule has 1 heterocycles. The van der Waals surface area contributed by atoms with Gasteiger partial charge in [-0.15, -0.1) is 0 Å². The van der Waals surface area contributed by atoms with Crippen LogP contribution < -0.4 is 10.3 Å². The summed E-state index contributed by atoms with van der Waals surface area (Å²) in [6.07, 6.45) is 0.702. The molecule has 0 amide bonds. The molecule has 0 aliphatic rings. The lowest BCUT2D eigenvalue weighted by atomic mass is 10.2. The Hall–Kier alpha value is -2.38. The highest BCUT2D eigenvalue weighted by molar-refractivity contribution is 7.98. The Bertz CT molecular complexity index is 991. The van der Waals surface area contributed by atoms with Gasteiger partial charge in [0, 0.05) is 31.6 Å². The van der Waals surface area contributed by atoms with E-state index in [9.17, 15) is 9.18 Å². The summed E-state index contributed by atoms with van der Waals surface area (Å²) >= 11 is 1.39. The molecule has 27 heavy (non-hydrogen) atoms. The maximum Gasteiger partial charge on any atom is 0.262 e. The molecule has 3 aromatic rings. The molecule has 0 spiro atoms. The molecule has 7 heteroatoms. The van der Waals surface area contributed by atoms with E-state index in [1.807, 2.05) is 18.2 Å². The van der Waals surface area contributed by atoms with Crippen LogP contribution in [0.5, 0.6) is 5.75 Å². The summed E-state index contributed by atoms with van der Waals surface area (Å²) in [5.41, 5.74) is 1.29. The van der Waals surface area contributed by atoms with Crippen molar-refractivity contribution in [1.82, 2.24) is 9.55 Å². The zero-order valence-corrected chi connectivity index (χ0v) is 16.1. The second kappa shape index (κ2) is 9.01. The number of hydrogen-bond acceptors (Lipinski definition) is 5. The first-order valence-corrected chi connectivity index (χ1v) is 9.56. The molecule has 0 aliphatic heterocycles. The van der Waals surface area contributed by atoms with Gasteiger partial charge in [-0.05, 0) is 36.8 Å². The van der Waals surface area contributed by atoms with E-state index in [1.54, 1.807) is 30.9 Å². The fourth-order valence-electron chi connectivity index (χ4n) is 2.82. The Balaban J connectivity index is 1.95. The van der Waals surface area contributed by atoms with Crippen molar-refractivity contribution < 1.29 is 13.9 Å². The first-order chi connectivity index (χ1) is 13.1. The summed E-state index contributed by atoms with van der Waals surface area (Å²) in [7, 11) is 3.18. The average Bonchev–Trinajstić information content (AvgIpc) is 2.68. The molecular formula is C20H21FN2O3S. The van der Waals surface area contributed by atoms with Crippen molar-refractivity contribution >= 4 is 22.7 Å². The molecule has 0 fully saturated rings. The number of nitrogens with zero attached hydrogens (tertiary/aromatic N) is 2. The number of fused-ring (bicyclic) bond motifs is 1. The third kappa shape index (κ3) is 4.48. The highest BCUT2D eigenvalue weighted by Gasteiger charge is 2.13. The molecule has 5 nitrogen and oxygen atoms in total. The quantitative estimate of drug-likeness (QED) is 0.333. The van der Waals surface area contributed by atoms with Crippen molar-refractivity contribution in [1.29, 1.82) is 0 Å². The molecule has 0 bridgehead atoms. The Morgan fingerprint density at radius 2 is 2.00 bits per heavy atom. The Morgan fingerprint density at radius 3 is 2.78 bits per heavy atom. The van der Waals surface area contributed by atoms with Crippen LogP contribution in [-0.4, -0.2) is 30.4 Å². The van der Waals surface area contributed by atoms with Crippen LogP contribution in [0.25, 0.3) is 10.9 Å². The molecule has 3 rings (SSSR count). The van der Waals surface area contributed by atoms with Gasteiger partial charge in [0.25, 0.3) is 5.56 Å². The van der Waals surface area contributed by atoms with E-state index >= 15 is 0 Å². The number of benzene rings is 2. The van der Waals surface area contributed by atoms with Crippen molar-refractivity contribution in [2.45, 2.75) is 23.9 Å². The first kappa shape index (κ1) is 19.4. The first-order valence-electron chi connectivity index (χ1n) is 8.57. The van der Waals surface area contributed by atoms with E-state index < -0.39 is 0 Å². The smallest absolute Gasteiger partial charge is 0.262 e. The van der Waals surface area contributed by atoms with Gasteiger partial charge in [-0.25, -0.2) is 9.37 Å². The number of rotatable bonds is 8. The topological polar surface area (TPSA) is 53.4 Å². The Labute approximate surface area is 161 Å². The standard InChI is InChI=1S/C20H21FN2O3S/c1-25-11-5-10-23-19(24)16-6-3-4-7-17(16)22-20(23)27-13-14-12-15(21)8-9-18(14)26-2/h3-4,6-9,12H,5,10-11,13H2,1-2H3. The average molecular weight is 388 g/mol. The monoisotopic (exact) mass is 388 g/mol. The number of hydrogen-bond donors (Lipinski definition) is 0. The molecule has 0 saturated carbocycles. The van der Waals surface area contributed by atoms with Gasteiger partial charge in [0.15, 0.2) is 5.16 Å². The summed E-state index contributed by atoms with van der Waals surface area (Å²) in [6, 6.07) is 11.7. The predicted octanol–water partition coefficient (Wildman–Crippen LogP) is 3.87. The molecule has 0 radical (unpaired) electrons. The number of para-hydroxylation sites is 1. The molecule has 0 saturated heterocycles. The largest absolute Gasteiger partial charge is 0.496 e. The Morgan fingerprint density at radius 1 is 1.19 bits per heavy atom. The van der Waals surface area contributed by atoms with Gasteiger partial charge in [-0.3, -0.25) is 9.36 Å². The number of ether oxygens (including phenoxy) is 2. The van der Waals surface area contributed by atoms with Crippen LogP contribution in [0.4, 0.5) is 4.39 Å². The third-order valence-corrected chi connectivity index (χ3v) is 5.18. The van der Waals surface area contributed by atoms with E-state index in [0.29, 0.717) is 52.7 Å². The second-order valence-corrected chi connectivity index (χ2v) is 6.90. The third-order valence-electron chi connectivity index (χ3n) is 4.16. The lowest BCUT2D eigenvalue weighted by Gasteiger charge is -2.14. The molecule has 0 N–H and O–H groups in total. The lowest BCUT2D eigenvalue weighted by molar-refractivity contribution is 0.189. The molecule has 2 aromatic carbocycles. The van der Waals surface area contributed by atoms with Gasteiger partial charge in [0.1, 0.15) is 11.6 Å². The van der Waals surface area contributed by atoms with Gasteiger partial charge in [-0.2, -0.15) is 0 Å². The van der Waals surface area contributed by atoms with Crippen molar-refractivity contribution in [3.8, 4) is 5.75 Å². The molecule has 0 atom stereocenters. The van der Waals surface area contributed by atoms with Gasteiger partial charge in [0.2, 0.25) is 0 Å². The van der Waals surface area contributed by atoms with E-state index in [4.69, 9.17) is 9.47 Å². The van der Waals surface area contributed by atoms with Crippen LogP contribution in [0, 0.1) is 5.82 Å². The molecule has 142 valence electrons. The minimum absolute atomic E-state index is 0.0783. The Kier molecular flexibility index (Phi) is 6.47. The molecule has 1 aromatic heterocycles. The zero-order chi connectivity index (χ0) is 19.2. The number of halogens is 1. The van der Waals surface area contributed by atoms with Crippen molar-refractivity contribution in [3.63, 3.8) is 0 Å². The highest BCUT2D eigenvalue weighted by atomic mass is 32.2. The summed E-state index contributed by atoms with van der Waals surface area (Å²) < 4.78 is 25.7.